The average Bonchev–Trinajstić information content (AvgIpc) is 2.61. The number of hydrogen-bond acceptors (Lipinski definition) is 4. The van der Waals surface area contributed by atoms with Gasteiger partial charge in [-0.1, -0.05) is 0 Å². The van der Waals surface area contributed by atoms with Gasteiger partial charge in [-0.25, -0.2) is 15.0 Å². The van der Waals surface area contributed by atoms with Gasteiger partial charge < -0.3 is 9.88 Å². The molecule has 0 saturated carbocycles. The van der Waals surface area contributed by atoms with Crippen LogP contribution in [0, 0.1) is 6.92 Å². The third kappa shape index (κ3) is 1.72. The van der Waals surface area contributed by atoms with Gasteiger partial charge in [0.1, 0.15) is 18.0 Å². The minimum absolute atomic E-state index is 0. The first-order chi connectivity index (χ1) is 6.86. The smallest absolute Gasteiger partial charge is 0.140 e. The van der Waals surface area contributed by atoms with Gasteiger partial charge in [0.15, 0.2) is 0 Å². The molecule has 86 valence electrons. The highest BCUT2D eigenvalue weighted by Gasteiger charge is 2.17. The van der Waals surface area contributed by atoms with Crippen LogP contribution < -0.4 is 5.32 Å². The molecule has 0 spiro atoms. The number of halogens is 2. The second-order valence-electron chi connectivity index (χ2n) is 3.24. The molecule has 3 heterocycles. The van der Waals surface area contributed by atoms with Crippen LogP contribution >= 0.6 is 24.8 Å². The Morgan fingerprint density at radius 3 is 2.88 bits per heavy atom. The van der Waals surface area contributed by atoms with Crippen molar-refractivity contribution in [3.05, 3.63) is 24.5 Å². The van der Waals surface area contributed by atoms with E-state index in [4.69, 9.17) is 0 Å². The van der Waals surface area contributed by atoms with Crippen molar-refractivity contribution in [2.24, 2.45) is 0 Å². The van der Waals surface area contributed by atoms with Crippen molar-refractivity contribution in [2.45, 2.75) is 13.6 Å². The third-order valence-electron chi connectivity index (χ3n) is 2.45. The second kappa shape index (κ2) is 4.67. The van der Waals surface area contributed by atoms with E-state index in [1.165, 1.54) is 0 Å². The Bertz CT molecular complexity index is 496. The van der Waals surface area contributed by atoms with Crippen LogP contribution in [0.3, 0.4) is 0 Å². The molecule has 5 nitrogen and oxygen atoms in total. The highest BCUT2D eigenvalue weighted by atomic mass is 35.5. The minimum Gasteiger partial charge on any atom is -0.352 e. The number of nitrogens with zero attached hydrogens (tertiary/aromatic N) is 4. The van der Waals surface area contributed by atoms with Gasteiger partial charge >= 0.3 is 0 Å². The van der Waals surface area contributed by atoms with E-state index in [9.17, 15) is 0 Å². The highest BCUT2D eigenvalue weighted by molar-refractivity contribution is 5.85. The first-order valence-electron chi connectivity index (χ1n) is 4.42. The normalized spacial score (nSPS) is 11.3. The van der Waals surface area contributed by atoms with Crippen LogP contribution in [0.15, 0.2) is 18.7 Å². The lowest BCUT2D eigenvalue weighted by Crippen LogP contribution is -2.17. The largest absolute Gasteiger partial charge is 0.352 e. The van der Waals surface area contributed by atoms with Crippen LogP contribution in [0.1, 0.15) is 5.82 Å². The molecule has 1 N–H and O–H groups in total. The summed E-state index contributed by atoms with van der Waals surface area (Å²) < 4.78 is 2.10. The lowest BCUT2D eigenvalue weighted by molar-refractivity contribution is 0.731. The van der Waals surface area contributed by atoms with Gasteiger partial charge in [0, 0.05) is 6.20 Å². The Balaban J connectivity index is 0.000000640. The summed E-state index contributed by atoms with van der Waals surface area (Å²) >= 11 is 0. The number of aromatic nitrogens is 4. The standard InChI is InChI=1S/C9H9N5.2ClH/c1-6-11-3-8-7-2-10-4-12-9(7)13-5-14(6)8;;/h2-4H,5H2,1H3,(H,10,12,13);2*1H. The molecule has 0 radical (unpaired) electrons. The Morgan fingerprint density at radius 2 is 2.06 bits per heavy atom. The zero-order valence-electron chi connectivity index (χ0n) is 8.54. The average molecular weight is 260 g/mol. The first-order valence-corrected chi connectivity index (χ1v) is 4.42. The van der Waals surface area contributed by atoms with E-state index < -0.39 is 0 Å². The van der Waals surface area contributed by atoms with Crippen LogP contribution in [0.2, 0.25) is 0 Å². The van der Waals surface area contributed by atoms with Crippen LogP contribution in [-0.4, -0.2) is 19.5 Å². The van der Waals surface area contributed by atoms with Gasteiger partial charge in [-0.3, -0.25) is 0 Å². The van der Waals surface area contributed by atoms with Crippen LogP contribution in [0.25, 0.3) is 11.3 Å². The van der Waals surface area contributed by atoms with E-state index in [1.54, 1.807) is 12.5 Å². The van der Waals surface area contributed by atoms with Crippen LogP contribution in [-0.2, 0) is 6.67 Å². The van der Waals surface area contributed by atoms with Gasteiger partial charge in [-0.15, -0.1) is 24.8 Å². The molecule has 0 unspecified atom stereocenters. The molecular formula is C9H11Cl2N5. The Morgan fingerprint density at radius 1 is 1.25 bits per heavy atom. The zero-order chi connectivity index (χ0) is 9.54. The quantitative estimate of drug-likeness (QED) is 0.785. The van der Waals surface area contributed by atoms with Crippen LogP contribution in [0.5, 0.6) is 0 Å². The van der Waals surface area contributed by atoms with Crippen molar-refractivity contribution >= 4 is 30.6 Å². The molecular weight excluding hydrogens is 249 g/mol. The molecule has 2 aromatic heterocycles. The maximum Gasteiger partial charge on any atom is 0.140 e. The molecule has 16 heavy (non-hydrogen) atoms. The van der Waals surface area contributed by atoms with Gasteiger partial charge in [0.25, 0.3) is 0 Å². The van der Waals surface area contributed by atoms with E-state index in [2.05, 4.69) is 24.8 Å². The summed E-state index contributed by atoms with van der Waals surface area (Å²) in [4.78, 5) is 12.4. The third-order valence-corrected chi connectivity index (χ3v) is 2.45. The van der Waals surface area contributed by atoms with Gasteiger partial charge in [0.2, 0.25) is 0 Å². The molecule has 7 heteroatoms. The van der Waals surface area contributed by atoms with Crippen molar-refractivity contribution in [1.82, 2.24) is 19.5 Å². The van der Waals surface area contributed by atoms with Gasteiger partial charge in [0.05, 0.1) is 24.1 Å². The molecule has 0 aliphatic carbocycles. The summed E-state index contributed by atoms with van der Waals surface area (Å²) in [6.45, 7) is 2.71. The van der Waals surface area contributed by atoms with E-state index in [0.29, 0.717) is 0 Å². The second-order valence-corrected chi connectivity index (χ2v) is 3.24. The van der Waals surface area contributed by atoms with Crippen molar-refractivity contribution < 1.29 is 0 Å². The predicted octanol–water partition coefficient (Wildman–Crippen LogP) is 1.88. The molecule has 0 fully saturated rings. The summed E-state index contributed by atoms with van der Waals surface area (Å²) in [5.74, 6) is 1.88. The molecule has 1 aliphatic rings. The number of imidazole rings is 1. The molecule has 2 aromatic rings. The number of nitrogens with one attached hydrogen (secondary N) is 1. The lowest BCUT2D eigenvalue weighted by atomic mass is 10.2. The first kappa shape index (κ1) is 12.7. The fraction of sp³-hybridized carbons (Fsp3) is 0.222. The fourth-order valence-corrected chi connectivity index (χ4v) is 1.69. The highest BCUT2D eigenvalue weighted by Crippen LogP contribution is 2.29. The molecule has 1 aliphatic heterocycles. The number of anilines is 1. The molecule has 0 aromatic carbocycles. The molecule has 0 amide bonds. The lowest BCUT2D eigenvalue weighted by Gasteiger charge is -2.19. The minimum atomic E-state index is 0. The van der Waals surface area contributed by atoms with Crippen LogP contribution in [0.4, 0.5) is 5.82 Å². The number of hydrogen-bond donors (Lipinski definition) is 1. The van der Waals surface area contributed by atoms with E-state index >= 15 is 0 Å². The SMILES string of the molecule is Cc1ncc2n1CNc1ncncc1-2.Cl.Cl. The maximum absolute atomic E-state index is 4.26. The summed E-state index contributed by atoms with van der Waals surface area (Å²) in [5.41, 5.74) is 2.09. The summed E-state index contributed by atoms with van der Waals surface area (Å²) in [6, 6.07) is 0. The van der Waals surface area contributed by atoms with E-state index in [0.717, 1.165) is 29.6 Å². The topological polar surface area (TPSA) is 55.6 Å². The number of fused-ring (bicyclic) bond motifs is 3. The molecule has 0 bridgehead atoms. The van der Waals surface area contributed by atoms with E-state index in [1.807, 2.05) is 13.1 Å². The van der Waals surface area contributed by atoms with Crippen molar-refractivity contribution in [1.29, 1.82) is 0 Å². The predicted molar refractivity (Wildman–Crippen MR) is 66.1 cm³/mol. The maximum atomic E-state index is 4.26. The fourth-order valence-electron chi connectivity index (χ4n) is 1.69. The Kier molecular flexibility index (Phi) is 3.72. The molecule has 0 atom stereocenters. The monoisotopic (exact) mass is 259 g/mol. The zero-order valence-corrected chi connectivity index (χ0v) is 10.2. The van der Waals surface area contributed by atoms with Gasteiger partial charge in [-0.2, -0.15) is 0 Å². The Hall–Kier alpha value is -1.33. The number of rotatable bonds is 0. The number of aryl methyl sites for hydroxylation is 1. The summed E-state index contributed by atoms with van der Waals surface area (Å²) in [6.07, 6.45) is 5.21. The molecule has 0 saturated heterocycles. The van der Waals surface area contributed by atoms with Crippen molar-refractivity contribution in [2.75, 3.05) is 5.32 Å². The van der Waals surface area contributed by atoms with E-state index in [-0.39, 0.29) is 24.8 Å². The van der Waals surface area contributed by atoms with Crippen molar-refractivity contribution in [3.8, 4) is 11.3 Å². The van der Waals surface area contributed by atoms with Gasteiger partial charge in [-0.05, 0) is 6.92 Å². The molecule has 3 rings (SSSR count). The van der Waals surface area contributed by atoms with Crippen molar-refractivity contribution in [3.63, 3.8) is 0 Å². The summed E-state index contributed by atoms with van der Waals surface area (Å²) in [5, 5.41) is 3.22. The Labute approximate surface area is 105 Å². The summed E-state index contributed by atoms with van der Waals surface area (Å²) in [7, 11) is 0.